The molecule has 0 amide bonds. The zero-order chi connectivity index (χ0) is 6.08. The molecule has 42 valence electrons. The highest BCUT2D eigenvalue weighted by atomic mass is 27.2. The summed E-state index contributed by atoms with van der Waals surface area (Å²) in [6, 6.07) is 0. The third kappa shape index (κ3) is 2.91. The Bertz CT molecular complexity index is 76.7. The lowest BCUT2D eigenvalue weighted by molar-refractivity contribution is 1.56. The highest BCUT2D eigenvalue weighted by molar-refractivity contribution is 6.82. The van der Waals surface area contributed by atoms with Crippen LogP contribution < -0.4 is 0 Å². The molecule has 0 bridgehead atoms. The van der Waals surface area contributed by atoms with E-state index in [1.54, 1.807) is 0 Å². The highest BCUT2D eigenvalue weighted by Crippen LogP contribution is 2.09. The van der Waals surface area contributed by atoms with Gasteiger partial charge in [0.1, 0.15) is 0 Å². The summed E-state index contributed by atoms with van der Waals surface area (Å²) in [6.45, 7) is 6.03. The van der Waals surface area contributed by atoms with E-state index in [9.17, 15) is 0 Å². The Morgan fingerprint density at radius 1 is 1.29 bits per heavy atom. The van der Waals surface area contributed by atoms with Crippen LogP contribution in [0.1, 0.15) is 6.92 Å². The van der Waals surface area contributed by atoms with Crippen molar-refractivity contribution in [1.82, 2.24) is 0 Å². The van der Waals surface area contributed by atoms with E-state index in [4.69, 9.17) is 0 Å². The molecule has 0 saturated carbocycles. The van der Waals surface area contributed by atoms with Crippen molar-refractivity contribution in [2.45, 2.75) is 24.3 Å². The van der Waals surface area contributed by atoms with Crippen LogP contribution >= 0.6 is 0 Å². The Kier molecular flexibility index (Phi) is 2.11. The van der Waals surface area contributed by atoms with Crippen LogP contribution in [0.5, 0.6) is 0 Å². The summed E-state index contributed by atoms with van der Waals surface area (Å²) in [7, 11) is 0. The van der Waals surface area contributed by atoms with Gasteiger partial charge in [-0.25, -0.2) is 0 Å². The molecule has 7 heavy (non-hydrogen) atoms. The molecule has 0 radical (unpaired) electrons. The Balaban J connectivity index is 3.79. The molecule has 0 fully saturated rings. The molecule has 0 aliphatic carbocycles. The Labute approximate surface area is 48.9 Å². The van der Waals surface area contributed by atoms with E-state index in [0.29, 0.717) is 0 Å². The summed E-state index contributed by atoms with van der Waals surface area (Å²) in [5.74, 6) is 6.99. The molecule has 0 aromatic heterocycles. The third-order valence-electron chi connectivity index (χ3n) is 1.48. The second-order valence-corrected chi connectivity index (χ2v) is 9.63. The lowest BCUT2D eigenvalue weighted by atomic mass is 10.8. The summed E-state index contributed by atoms with van der Waals surface area (Å²) in [6.07, 6.45) is 0. The van der Waals surface area contributed by atoms with Crippen LogP contribution in [0, 0.1) is 0 Å². The Morgan fingerprint density at radius 2 is 1.43 bits per heavy atom. The maximum absolute atomic E-state index is 3.90. The molecule has 0 N–H and O–H groups in total. The van der Waals surface area contributed by atoms with Crippen molar-refractivity contribution in [2.24, 2.45) is 0 Å². The fourth-order valence-electron chi connectivity index (χ4n) is 0. The van der Waals surface area contributed by atoms with E-state index in [0.717, 1.165) is 0 Å². The predicted molar refractivity (Wildman–Crippen MR) is 38.2 cm³/mol. The summed E-state index contributed by atoms with van der Waals surface area (Å²) < 4.78 is 1.41. The molecule has 0 aromatic carbocycles. The smallest absolute Gasteiger partial charge is 0.152 e. The normalized spacial score (nSPS) is 11.4. The summed E-state index contributed by atoms with van der Waals surface area (Å²) >= 11 is -1.18. The van der Waals surface area contributed by atoms with Crippen molar-refractivity contribution in [3.8, 4) is 0 Å². The van der Waals surface area contributed by atoms with E-state index in [2.05, 4.69) is 30.9 Å². The molecule has 0 unspecified atom stereocenters. The molecule has 0 nitrogen and oxygen atoms in total. The van der Waals surface area contributed by atoms with Gasteiger partial charge in [-0.2, -0.15) is 17.4 Å². The zero-order valence-electron chi connectivity index (χ0n) is 5.78. The van der Waals surface area contributed by atoms with Gasteiger partial charge >= 0.3 is 0 Å². The molecule has 1 heteroatoms. The number of hydrogen-bond acceptors (Lipinski definition) is 0. The average Bonchev–Trinajstić information content (AvgIpc) is 1.31. The van der Waals surface area contributed by atoms with E-state index in [-0.39, 0.29) is 0 Å². The van der Waals surface area contributed by atoms with Crippen molar-refractivity contribution in [2.75, 3.05) is 0 Å². The summed E-state index contributed by atoms with van der Waals surface area (Å²) in [5.41, 5.74) is 0. The first-order chi connectivity index (χ1) is 2.94. The summed E-state index contributed by atoms with van der Waals surface area (Å²) in [4.78, 5) is 0. The molecule has 0 aliphatic heterocycles. The molecule has 0 spiro atoms. The van der Waals surface area contributed by atoms with Crippen LogP contribution in [0.3, 0.4) is 0 Å². The van der Waals surface area contributed by atoms with Gasteiger partial charge < -0.3 is 0 Å². The number of hydrogen-bond donors (Lipinski definition) is 0. The Hall–Kier alpha value is 0.272. The first-order valence-electron chi connectivity index (χ1n) is 2.87. The zero-order valence-corrected chi connectivity index (χ0v) is 6.94. The largest absolute Gasteiger partial charge is 0.264 e. The van der Waals surface area contributed by atoms with Gasteiger partial charge in [0.25, 0.3) is 0 Å². The minimum Gasteiger partial charge on any atom is -0.264 e. The molecule has 0 aliphatic rings. The molecule has 0 saturated heterocycles. The van der Waals surface area contributed by atoms with Crippen molar-refractivity contribution in [3.63, 3.8) is 0 Å². The number of rotatable bonds is 1. The monoisotopic (exact) mass is 113 g/mol. The molecule has 0 atom stereocenters. The fourth-order valence-corrected chi connectivity index (χ4v) is 0. The highest BCUT2D eigenvalue weighted by Gasteiger charge is 2.08. The lowest BCUT2D eigenvalue weighted by Gasteiger charge is -2.19. The molecule has 0 aromatic rings. The average molecular weight is 113 g/mol. The van der Waals surface area contributed by atoms with Gasteiger partial charge in [0.2, 0.25) is 0 Å². The van der Waals surface area contributed by atoms with Gasteiger partial charge in [0, 0.05) is 0 Å². The topological polar surface area (TPSA) is 0 Å². The van der Waals surface area contributed by atoms with Crippen LogP contribution in [-0.2, 0) is 0 Å². The maximum Gasteiger partial charge on any atom is 0.152 e. The maximum atomic E-state index is 3.90. The van der Waals surface area contributed by atoms with E-state index in [1.165, 1.54) is 4.44 Å². The SMILES string of the molecule is C=[C](C)[Al-]([CH3])([CH3])[CH3]. The van der Waals surface area contributed by atoms with Crippen LogP contribution in [-0.4, -0.2) is 13.1 Å². The van der Waals surface area contributed by atoms with Gasteiger partial charge in [-0.1, -0.05) is 6.92 Å². The van der Waals surface area contributed by atoms with Gasteiger partial charge in [-0.15, -0.1) is 6.58 Å². The standard InChI is InChI=1S/C3H5.3CH3.Al/c1-3-2;;;;/h1H2,2H3;3*1H3;/q;;;;-1. The molecular weight excluding hydrogens is 99.0 g/mol. The quantitative estimate of drug-likeness (QED) is 0.458. The third-order valence-corrected chi connectivity index (χ3v) is 4.44. The van der Waals surface area contributed by atoms with Gasteiger partial charge in [-0.3, -0.25) is 4.44 Å². The van der Waals surface area contributed by atoms with Gasteiger partial charge in [0.05, 0.1) is 0 Å². The van der Waals surface area contributed by atoms with Crippen molar-refractivity contribution < 1.29 is 0 Å². The van der Waals surface area contributed by atoms with Crippen molar-refractivity contribution in [1.29, 1.82) is 0 Å². The predicted octanol–water partition coefficient (Wildman–Crippen LogP) is 2.44. The first kappa shape index (κ1) is 7.27. The molecule has 0 rings (SSSR count). The van der Waals surface area contributed by atoms with Crippen LogP contribution in [0.2, 0.25) is 17.4 Å². The number of allylic oxidation sites excluding steroid dienone is 1. The summed E-state index contributed by atoms with van der Waals surface area (Å²) in [5, 5.41) is 0. The van der Waals surface area contributed by atoms with Crippen LogP contribution in [0.4, 0.5) is 0 Å². The lowest BCUT2D eigenvalue weighted by Crippen LogP contribution is -2.20. The van der Waals surface area contributed by atoms with Gasteiger partial charge in [0.15, 0.2) is 13.1 Å². The van der Waals surface area contributed by atoms with Crippen molar-refractivity contribution in [3.05, 3.63) is 11.0 Å². The molecule has 0 heterocycles. The molecular formula is C6H14Al-. The second-order valence-electron chi connectivity index (χ2n) is 3.44. The van der Waals surface area contributed by atoms with Crippen LogP contribution in [0.25, 0.3) is 0 Å². The minimum atomic E-state index is -1.18. The van der Waals surface area contributed by atoms with Crippen LogP contribution in [0.15, 0.2) is 11.0 Å². The van der Waals surface area contributed by atoms with E-state index >= 15 is 0 Å². The first-order valence-corrected chi connectivity index (χ1v) is 6.92. The second kappa shape index (κ2) is 2.03. The van der Waals surface area contributed by atoms with Crippen molar-refractivity contribution >= 4 is 13.1 Å². The Morgan fingerprint density at radius 3 is 1.43 bits per heavy atom. The fraction of sp³-hybridized carbons (Fsp3) is 0.667. The van der Waals surface area contributed by atoms with E-state index in [1.807, 2.05) is 0 Å². The van der Waals surface area contributed by atoms with Gasteiger partial charge in [-0.05, 0) is 0 Å². The minimum absolute atomic E-state index is 1.18. The van der Waals surface area contributed by atoms with E-state index < -0.39 is 13.1 Å².